The van der Waals surface area contributed by atoms with E-state index in [1.807, 2.05) is 19.9 Å². The van der Waals surface area contributed by atoms with E-state index in [-0.39, 0.29) is 23.4 Å². The Morgan fingerprint density at radius 2 is 2.16 bits per heavy atom. The van der Waals surface area contributed by atoms with Crippen LogP contribution in [-0.2, 0) is 27.8 Å². The Morgan fingerprint density at radius 3 is 2.84 bits per heavy atom. The van der Waals surface area contributed by atoms with Gasteiger partial charge in [-0.05, 0) is 48.7 Å². The third-order valence-electron chi connectivity index (χ3n) is 4.34. The molecule has 7 heteroatoms. The van der Waals surface area contributed by atoms with Gasteiger partial charge in [0.15, 0.2) is 0 Å². The molecule has 1 amide bonds. The number of aromatic nitrogens is 1. The van der Waals surface area contributed by atoms with E-state index in [0.717, 1.165) is 16.8 Å². The first-order valence-corrected chi connectivity index (χ1v) is 9.74. The zero-order chi connectivity index (χ0) is 18.0. The normalized spacial score (nSPS) is 16.7. The second-order valence-corrected chi connectivity index (χ2v) is 7.91. The molecule has 0 bridgehead atoms. The van der Waals surface area contributed by atoms with Gasteiger partial charge in [-0.15, -0.1) is 0 Å². The highest BCUT2D eigenvalue weighted by molar-refractivity contribution is 7.89. The Hall–Kier alpha value is -2.25. The number of rotatable bonds is 5. The summed E-state index contributed by atoms with van der Waals surface area (Å²) in [7, 11) is -3.62. The van der Waals surface area contributed by atoms with Crippen molar-refractivity contribution in [1.82, 2.24) is 9.71 Å². The Morgan fingerprint density at radius 1 is 1.36 bits per heavy atom. The van der Waals surface area contributed by atoms with E-state index in [1.54, 1.807) is 41.6 Å². The van der Waals surface area contributed by atoms with Crippen molar-refractivity contribution < 1.29 is 13.2 Å². The number of fused-ring (bicyclic) bond motifs is 1. The summed E-state index contributed by atoms with van der Waals surface area (Å²) in [5.41, 5.74) is 2.49. The summed E-state index contributed by atoms with van der Waals surface area (Å²) in [6.45, 7) is 3.99. The highest BCUT2D eigenvalue weighted by Crippen LogP contribution is 2.34. The smallest absolute Gasteiger partial charge is 0.240 e. The first-order valence-electron chi connectivity index (χ1n) is 8.26. The Kier molecular flexibility index (Phi) is 4.87. The molecular weight excluding hydrogens is 338 g/mol. The topological polar surface area (TPSA) is 79.4 Å². The van der Waals surface area contributed by atoms with E-state index in [4.69, 9.17) is 0 Å². The van der Waals surface area contributed by atoms with Gasteiger partial charge in [-0.2, -0.15) is 0 Å². The number of sulfonamides is 1. The van der Waals surface area contributed by atoms with Crippen LogP contribution < -0.4 is 9.62 Å². The zero-order valence-corrected chi connectivity index (χ0v) is 15.1. The second-order valence-electron chi connectivity index (χ2n) is 6.15. The van der Waals surface area contributed by atoms with Crippen LogP contribution in [-0.4, -0.2) is 25.4 Å². The molecule has 1 aromatic heterocycles. The Bertz CT molecular complexity index is 882. The van der Waals surface area contributed by atoms with Crippen molar-refractivity contribution in [1.29, 1.82) is 0 Å². The lowest BCUT2D eigenvalue weighted by Crippen LogP contribution is -2.35. The molecule has 2 heterocycles. The van der Waals surface area contributed by atoms with Crippen molar-refractivity contribution in [3.05, 3.63) is 53.9 Å². The fourth-order valence-electron chi connectivity index (χ4n) is 3.09. The summed E-state index contributed by atoms with van der Waals surface area (Å²) in [6.07, 6.45) is 4.35. The van der Waals surface area contributed by atoms with Crippen LogP contribution in [0.15, 0.2) is 47.6 Å². The predicted molar refractivity (Wildman–Crippen MR) is 95.6 cm³/mol. The van der Waals surface area contributed by atoms with E-state index in [0.29, 0.717) is 12.8 Å². The number of pyridine rings is 1. The Balaban J connectivity index is 1.82. The van der Waals surface area contributed by atoms with Gasteiger partial charge >= 0.3 is 0 Å². The minimum atomic E-state index is -3.62. The molecule has 0 fully saturated rings. The van der Waals surface area contributed by atoms with Crippen molar-refractivity contribution >= 4 is 21.6 Å². The number of nitrogens with zero attached hydrogens (tertiary/aromatic N) is 2. The van der Waals surface area contributed by atoms with Crippen LogP contribution in [0.2, 0.25) is 0 Å². The first kappa shape index (κ1) is 17.6. The maximum absolute atomic E-state index is 12.5. The quantitative estimate of drug-likeness (QED) is 0.888. The van der Waals surface area contributed by atoms with Gasteiger partial charge in [0, 0.05) is 37.1 Å². The highest BCUT2D eigenvalue weighted by atomic mass is 32.2. The molecule has 132 valence electrons. The number of carbonyl (C=O) groups excluding carboxylic acids is 1. The van der Waals surface area contributed by atoms with E-state index in [1.165, 1.54) is 0 Å². The number of hydrogen-bond donors (Lipinski definition) is 1. The molecule has 1 aliphatic rings. The predicted octanol–water partition coefficient (Wildman–Crippen LogP) is 2.25. The SMILES string of the molecule is CCC(=O)N1c2ccc(S(=O)(=O)NCc3cccnc3)cc2C[C@@H]1C. The number of anilines is 1. The van der Waals surface area contributed by atoms with Gasteiger partial charge in [-0.1, -0.05) is 13.0 Å². The molecule has 1 aliphatic heterocycles. The fourth-order valence-corrected chi connectivity index (χ4v) is 4.16. The van der Waals surface area contributed by atoms with Crippen molar-refractivity contribution in [3.8, 4) is 0 Å². The van der Waals surface area contributed by atoms with E-state index >= 15 is 0 Å². The van der Waals surface area contributed by atoms with Crippen LogP contribution in [0.1, 0.15) is 31.4 Å². The summed E-state index contributed by atoms with van der Waals surface area (Å²) in [6, 6.07) is 8.57. The Labute approximate surface area is 147 Å². The number of benzene rings is 1. The summed E-state index contributed by atoms with van der Waals surface area (Å²) in [5, 5.41) is 0. The number of amides is 1. The standard InChI is InChI=1S/C18H21N3O3S/c1-3-18(22)21-13(2)9-15-10-16(6-7-17(15)21)25(23,24)20-12-14-5-4-8-19-11-14/h4-8,10-11,13,20H,3,9,12H2,1-2H3/t13-/m0/s1. The van der Waals surface area contributed by atoms with E-state index in [2.05, 4.69) is 9.71 Å². The molecular formula is C18H21N3O3S. The average Bonchev–Trinajstić information content (AvgIpc) is 2.95. The second kappa shape index (κ2) is 6.93. The molecule has 1 aromatic carbocycles. The molecule has 0 aliphatic carbocycles. The lowest BCUT2D eigenvalue weighted by molar-refractivity contribution is -0.118. The van der Waals surface area contributed by atoms with Gasteiger partial charge in [0.25, 0.3) is 0 Å². The fraction of sp³-hybridized carbons (Fsp3) is 0.333. The molecule has 0 unspecified atom stereocenters. The van der Waals surface area contributed by atoms with Gasteiger partial charge in [-0.25, -0.2) is 13.1 Å². The maximum Gasteiger partial charge on any atom is 0.240 e. The molecule has 0 spiro atoms. The largest absolute Gasteiger partial charge is 0.309 e. The molecule has 0 saturated heterocycles. The van der Waals surface area contributed by atoms with Crippen LogP contribution in [0.3, 0.4) is 0 Å². The summed E-state index contributed by atoms with van der Waals surface area (Å²) >= 11 is 0. The molecule has 0 radical (unpaired) electrons. The third-order valence-corrected chi connectivity index (χ3v) is 5.74. The lowest BCUT2D eigenvalue weighted by Gasteiger charge is -2.22. The van der Waals surface area contributed by atoms with Crippen molar-refractivity contribution in [2.45, 2.75) is 44.2 Å². The van der Waals surface area contributed by atoms with Gasteiger partial charge in [0.1, 0.15) is 0 Å². The summed E-state index contributed by atoms with van der Waals surface area (Å²) in [4.78, 5) is 18.1. The summed E-state index contributed by atoms with van der Waals surface area (Å²) in [5.74, 6) is 0.0524. The molecule has 3 rings (SSSR count). The molecule has 1 atom stereocenters. The highest BCUT2D eigenvalue weighted by Gasteiger charge is 2.31. The van der Waals surface area contributed by atoms with Gasteiger partial charge in [0.2, 0.25) is 15.9 Å². The molecule has 0 saturated carbocycles. The van der Waals surface area contributed by atoms with Crippen LogP contribution in [0.25, 0.3) is 0 Å². The van der Waals surface area contributed by atoms with Crippen LogP contribution in [0.5, 0.6) is 0 Å². The molecule has 1 N–H and O–H groups in total. The van der Waals surface area contributed by atoms with Crippen LogP contribution in [0.4, 0.5) is 5.69 Å². The minimum Gasteiger partial charge on any atom is -0.309 e. The molecule has 2 aromatic rings. The lowest BCUT2D eigenvalue weighted by atomic mass is 10.1. The maximum atomic E-state index is 12.5. The average molecular weight is 359 g/mol. The number of nitrogens with one attached hydrogen (secondary N) is 1. The zero-order valence-electron chi connectivity index (χ0n) is 14.3. The number of hydrogen-bond acceptors (Lipinski definition) is 4. The minimum absolute atomic E-state index is 0.0451. The first-order chi connectivity index (χ1) is 11.9. The third kappa shape index (κ3) is 3.57. The monoisotopic (exact) mass is 359 g/mol. The van der Waals surface area contributed by atoms with Crippen LogP contribution >= 0.6 is 0 Å². The van der Waals surface area contributed by atoms with Crippen molar-refractivity contribution in [2.75, 3.05) is 4.90 Å². The molecule has 6 nitrogen and oxygen atoms in total. The van der Waals surface area contributed by atoms with Crippen LogP contribution in [0, 0.1) is 0 Å². The van der Waals surface area contributed by atoms with Gasteiger partial charge < -0.3 is 4.90 Å². The number of carbonyl (C=O) groups is 1. The van der Waals surface area contributed by atoms with Gasteiger partial charge in [0.05, 0.1) is 4.90 Å². The summed E-state index contributed by atoms with van der Waals surface area (Å²) < 4.78 is 27.7. The van der Waals surface area contributed by atoms with Crippen molar-refractivity contribution in [2.24, 2.45) is 0 Å². The van der Waals surface area contributed by atoms with E-state index < -0.39 is 10.0 Å². The molecule has 25 heavy (non-hydrogen) atoms. The van der Waals surface area contributed by atoms with E-state index in [9.17, 15) is 13.2 Å². The van der Waals surface area contributed by atoms with Crippen molar-refractivity contribution in [3.63, 3.8) is 0 Å². The van der Waals surface area contributed by atoms with Gasteiger partial charge in [-0.3, -0.25) is 9.78 Å².